The Bertz CT molecular complexity index is 819. The Balaban J connectivity index is 1.68. The minimum Gasteiger partial charge on any atom is -0.348 e. The zero-order valence-corrected chi connectivity index (χ0v) is 12.7. The summed E-state index contributed by atoms with van der Waals surface area (Å²) in [6.07, 6.45) is 6.15. The fraction of sp³-hybridized carbons (Fsp3) is 0.0625. The van der Waals surface area contributed by atoms with Gasteiger partial charge in [0.15, 0.2) is 0 Å². The Morgan fingerprint density at radius 1 is 1.30 bits per heavy atom. The number of amides is 1. The predicted octanol–water partition coefficient (Wildman–Crippen LogP) is 2.99. The van der Waals surface area contributed by atoms with Crippen LogP contribution in [0.5, 0.6) is 0 Å². The lowest BCUT2D eigenvalue weighted by Crippen LogP contribution is -2.23. The second-order valence-electron chi connectivity index (χ2n) is 4.81. The number of aromatic nitrogens is 3. The molecular weight excluding hydrogens is 319 g/mol. The number of hydrogen-bond donors (Lipinski definition) is 1. The van der Waals surface area contributed by atoms with Crippen LogP contribution in [0.1, 0.15) is 15.9 Å². The molecule has 1 aromatic carbocycles. The molecule has 0 aliphatic carbocycles. The molecule has 2 aromatic heterocycles. The monoisotopic (exact) mass is 330 g/mol. The minimum absolute atomic E-state index is 0.211. The van der Waals surface area contributed by atoms with Gasteiger partial charge in [0.05, 0.1) is 17.6 Å². The van der Waals surface area contributed by atoms with E-state index in [4.69, 9.17) is 11.6 Å². The molecular formula is C16H12ClFN4O. The molecule has 0 aliphatic rings. The Morgan fingerprint density at radius 3 is 2.83 bits per heavy atom. The second-order valence-corrected chi connectivity index (χ2v) is 5.20. The number of nitrogens with one attached hydrogen (secondary N) is 1. The van der Waals surface area contributed by atoms with Gasteiger partial charge >= 0.3 is 0 Å². The lowest BCUT2D eigenvalue weighted by Gasteiger charge is -2.08. The Labute approximate surface area is 136 Å². The molecule has 0 aliphatic heterocycles. The van der Waals surface area contributed by atoms with E-state index in [9.17, 15) is 9.18 Å². The van der Waals surface area contributed by atoms with Crippen molar-refractivity contribution in [3.8, 4) is 5.69 Å². The third kappa shape index (κ3) is 3.54. The van der Waals surface area contributed by atoms with Crippen LogP contribution in [0.4, 0.5) is 4.39 Å². The Kier molecular flexibility index (Phi) is 4.34. The largest absolute Gasteiger partial charge is 0.348 e. The van der Waals surface area contributed by atoms with Gasteiger partial charge in [0, 0.05) is 25.1 Å². The highest BCUT2D eigenvalue weighted by Gasteiger charge is 2.08. The first-order chi connectivity index (χ1) is 11.1. The summed E-state index contributed by atoms with van der Waals surface area (Å²) in [6.45, 7) is 0.211. The van der Waals surface area contributed by atoms with Crippen LogP contribution in [0.25, 0.3) is 5.69 Å². The number of pyridine rings is 1. The van der Waals surface area contributed by atoms with Crippen LogP contribution in [0, 0.1) is 5.82 Å². The molecule has 3 rings (SSSR count). The van der Waals surface area contributed by atoms with E-state index in [1.807, 2.05) is 0 Å². The molecule has 2 heterocycles. The van der Waals surface area contributed by atoms with Crippen LogP contribution in [0.15, 0.2) is 55.2 Å². The first kappa shape index (κ1) is 15.2. The Hall–Kier alpha value is -2.73. The first-order valence-electron chi connectivity index (χ1n) is 6.80. The molecule has 0 atom stereocenters. The van der Waals surface area contributed by atoms with Crippen LogP contribution in [0.3, 0.4) is 0 Å². The molecule has 5 nitrogen and oxygen atoms in total. The summed E-state index contributed by atoms with van der Waals surface area (Å²) in [6, 6.07) is 7.89. The van der Waals surface area contributed by atoms with Crippen molar-refractivity contribution >= 4 is 17.5 Å². The Morgan fingerprint density at radius 2 is 2.17 bits per heavy atom. The standard InChI is InChI=1S/C16H12ClFN4O/c17-15-4-2-12(9-20-15)16(23)21-8-11-1-3-14(13(18)7-11)22-6-5-19-10-22/h1-7,9-10H,8H2,(H,21,23). The number of carbonyl (C=O) groups is 1. The highest BCUT2D eigenvalue weighted by molar-refractivity contribution is 6.29. The molecule has 1 amide bonds. The quantitative estimate of drug-likeness (QED) is 0.748. The van der Waals surface area contributed by atoms with Crippen molar-refractivity contribution in [3.05, 3.63) is 77.3 Å². The summed E-state index contributed by atoms with van der Waals surface area (Å²) < 4.78 is 15.7. The summed E-state index contributed by atoms with van der Waals surface area (Å²) in [5, 5.41) is 3.03. The third-order valence-electron chi connectivity index (χ3n) is 3.24. The molecule has 0 radical (unpaired) electrons. The van der Waals surface area contributed by atoms with E-state index in [-0.39, 0.29) is 18.3 Å². The fourth-order valence-corrected chi connectivity index (χ4v) is 2.18. The molecule has 3 aromatic rings. The van der Waals surface area contributed by atoms with E-state index in [0.717, 1.165) is 0 Å². The number of rotatable bonds is 4. The maximum atomic E-state index is 14.1. The average molecular weight is 331 g/mol. The second kappa shape index (κ2) is 6.58. The van der Waals surface area contributed by atoms with Gasteiger partial charge in [0.2, 0.25) is 0 Å². The maximum Gasteiger partial charge on any atom is 0.253 e. The summed E-state index contributed by atoms with van der Waals surface area (Å²) in [7, 11) is 0. The van der Waals surface area contributed by atoms with E-state index >= 15 is 0 Å². The zero-order chi connectivity index (χ0) is 16.2. The van der Waals surface area contributed by atoms with Crippen LogP contribution in [-0.4, -0.2) is 20.4 Å². The maximum absolute atomic E-state index is 14.1. The summed E-state index contributed by atoms with van der Waals surface area (Å²) in [5.41, 5.74) is 1.45. The van der Waals surface area contributed by atoms with Crippen LogP contribution in [-0.2, 0) is 6.54 Å². The van der Waals surface area contributed by atoms with Gasteiger partial charge in [-0.3, -0.25) is 4.79 Å². The molecule has 0 unspecified atom stereocenters. The van der Waals surface area contributed by atoms with E-state index in [2.05, 4.69) is 15.3 Å². The third-order valence-corrected chi connectivity index (χ3v) is 3.46. The number of benzene rings is 1. The molecule has 0 saturated carbocycles. The van der Waals surface area contributed by atoms with E-state index in [1.165, 1.54) is 24.7 Å². The van der Waals surface area contributed by atoms with Crippen molar-refractivity contribution < 1.29 is 9.18 Å². The predicted molar refractivity (Wildman–Crippen MR) is 83.9 cm³/mol. The van der Waals surface area contributed by atoms with E-state index in [1.54, 1.807) is 35.2 Å². The van der Waals surface area contributed by atoms with Gasteiger partial charge in [-0.05, 0) is 29.8 Å². The normalized spacial score (nSPS) is 10.5. The minimum atomic E-state index is -0.386. The van der Waals surface area contributed by atoms with Crippen LogP contribution in [0.2, 0.25) is 5.15 Å². The van der Waals surface area contributed by atoms with Gasteiger partial charge in [0.1, 0.15) is 11.0 Å². The van der Waals surface area contributed by atoms with Crippen molar-refractivity contribution in [1.82, 2.24) is 19.9 Å². The molecule has 23 heavy (non-hydrogen) atoms. The van der Waals surface area contributed by atoms with Gasteiger partial charge in [-0.25, -0.2) is 14.4 Å². The zero-order valence-electron chi connectivity index (χ0n) is 11.9. The van der Waals surface area contributed by atoms with Gasteiger partial charge in [-0.15, -0.1) is 0 Å². The number of nitrogens with zero attached hydrogens (tertiary/aromatic N) is 3. The van der Waals surface area contributed by atoms with Crippen molar-refractivity contribution in [2.45, 2.75) is 6.54 Å². The molecule has 0 fully saturated rings. The number of imidazole rings is 1. The topological polar surface area (TPSA) is 59.8 Å². The van der Waals surface area contributed by atoms with Crippen LogP contribution < -0.4 is 5.32 Å². The van der Waals surface area contributed by atoms with Gasteiger partial charge in [0.25, 0.3) is 5.91 Å². The summed E-state index contributed by atoms with van der Waals surface area (Å²) in [4.78, 5) is 19.7. The lowest BCUT2D eigenvalue weighted by atomic mass is 10.2. The van der Waals surface area contributed by atoms with Crippen molar-refractivity contribution in [2.75, 3.05) is 0 Å². The molecule has 1 N–H and O–H groups in total. The number of halogens is 2. The van der Waals surface area contributed by atoms with Gasteiger partial charge in [-0.2, -0.15) is 0 Å². The molecule has 0 saturated heterocycles. The smallest absolute Gasteiger partial charge is 0.253 e. The van der Waals surface area contributed by atoms with Crippen LogP contribution >= 0.6 is 11.6 Å². The number of carbonyl (C=O) groups excluding carboxylic acids is 1. The highest BCUT2D eigenvalue weighted by atomic mass is 35.5. The summed E-state index contributed by atoms with van der Waals surface area (Å²) in [5.74, 6) is -0.684. The SMILES string of the molecule is O=C(NCc1ccc(-n2ccnc2)c(F)c1)c1ccc(Cl)nc1. The fourth-order valence-electron chi connectivity index (χ4n) is 2.07. The van der Waals surface area contributed by atoms with E-state index < -0.39 is 0 Å². The van der Waals surface area contributed by atoms with E-state index in [0.29, 0.717) is 22.0 Å². The van der Waals surface area contributed by atoms with Gasteiger partial charge in [-0.1, -0.05) is 17.7 Å². The average Bonchev–Trinajstić information content (AvgIpc) is 3.07. The van der Waals surface area contributed by atoms with Crippen molar-refractivity contribution in [3.63, 3.8) is 0 Å². The molecule has 0 bridgehead atoms. The molecule has 7 heteroatoms. The number of hydrogen-bond acceptors (Lipinski definition) is 3. The molecule has 0 spiro atoms. The molecule has 116 valence electrons. The van der Waals surface area contributed by atoms with Gasteiger partial charge < -0.3 is 9.88 Å². The van der Waals surface area contributed by atoms with Crippen molar-refractivity contribution in [1.29, 1.82) is 0 Å². The van der Waals surface area contributed by atoms with Crippen molar-refractivity contribution in [2.24, 2.45) is 0 Å². The first-order valence-corrected chi connectivity index (χ1v) is 7.18. The summed E-state index contributed by atoms with van der Waals surface area (Å²) >= 11 is 5.67. The lowest BCUT2D eigenvalue weighted by molar-refractivity contribution is 0.0950. The highest BCUT2D eigenvalue weighted by Crippen LogP contribution is 2.15.